The van der Waals surface area contributed by atoms with Crippen LogP contribution in [0, 0.1) is 24.0 Å². The molecule has 2 aromatic carbocycles. The molecule has 0 heterocycles. The number of benzene rings is 2. The number of ether oxygens (including phenoxy) is 1. The SMILES string of the molecule is COc1c(C)cc(C)cc1NS(=O)(=O)c1cccc([N+](=O)[O-])c1. The summed E-state index contributed by atoms with van der Waals surface area (Å²) in [5, 5.41) is 10.8. The van der Waals surface area contributed by atoms with Crippen molar-refractivity contribution >= 4 is 21.4 Å². The Bertz CT molecular complexity index is 862. The van der Waals surface area contributed by atoms with E-state index in [2.05, 4.69) is 4.72 Å². The van der Waals surface area contributed by atoms with Crippen LogP contribution in [0.4, 0.5) is 11.4 Å². The van der Waals surface area contributed by atoms with E-state index in [4.69, 9.17) is 4.74 Å². The normalized spacial score (nSPS) is 11.1. The van der Waals surface area contributed by atoms with Crippen molar-refractivity contribution in [1.82, 2.24) is 0 Å². The molecule has 0 saturated heterocycles. The number of hydrogen-bond donors (Lipinski definition) is 1. The first-order chi connectivity index (χ1) is 10.7. The van der Waals surface area contributed by atoms with Crippen LogP contribution in [0.25, 0.3) is 0 Å². The zero-order valence-corrected chi connectivity index (χ0v) is 13.7. The highest BCUT2D eigenvalue weighted by Crippen LogP contribution is 2.32. The van der Waals surface area contributed by atoms with Crippen LogP contribution < -0.4 is 9.46 Å². The molecule has 8 heteroatoms. The summed E-state index contributed by atoms with van der Waals surface area (Å²) in [5.41, 5.74) is 1.64. The monoisotopic (exact) mass is 336 g/mol. The van der Waals surface area contributed by atoms with E-state index in [1.165, 1.54) is 25.3 Å². The van der Waals surface area contributed by atoms with Crippen molar-refractivity contribution in [3.63, 3.8) is 0 Å². The number of nitrogens with one attached hydrogen (secondary N) is 1. The Labute approximate surface area is 134 Å². The van der Waals surface area contributed by atoms with E-state index in [1.54, 1.807) is 13.0 Å². The van der Waals surface area contributed by atoms with Gasteiger partial charge in [-0.2, -0.15) is 0 Å². The van der Waals surface area contributed by atoms with Crippen molar-refractivity contribution in [1.29, 1.82) is 0 Å². The molecule has 0 amide bonds. The van der Waals surface area contributed by atoms with Crippen LogP contribution in [0.15, 0.2) is 41.3 Å². The van der Waals surface area contributed by atoms with E-state index in [0.29, 0.717) is 5.75 Å². The Morgan fingerprint density at radius 2 is 1.87 bits per heavy atom. The number of non-ortho nitro benzene ring substituents is 1. The second-order valence-electron chi connectivity index (χ2n) is 5.02. The fourth-order valence-corrected chi connectivity index (χ4v) is 3.36. The molecule has 23 heavy (non-hydrogen) atoms. The number of nitro benzene ring substituents is 1. The third-order valence-corrected chi connectivity index (χ3v) is 4.57. The summed E-state index contributed by atoms with van der Waals surface area (Å²) in [5.74, 6) is 0.407. The van der Waals surface area contributed by atoms with Gasteiger partial charge in [0.05, 0.1) is 22.6 Å². The molecular weight excluding hydrogens is 320 g/mol. The fraction of sp³-hybridized carbons (Fsp3) is 0.200. The number of methoxy groups -OCH3 is 1. The summed E-state index contributed by atoms with van der Waals surface area (Å²) >= 11 is 0. The van der Waals surface area contributed by atoms with Crippen molar-refractivity contribution in [2.24, 2.45) is 0 Å². The maximum atomic E-state index is 12.5. The molecule has 0 radical (unpaired) electrons. The van der Waals surface area contributed by atoms with Gasteiger partial charge in [0, 0.05) is 12.1 Å². The highest BCUT2D eigenvalue weighted by atomic mass is 32.2. The molecule has 0 aliphatic rings. The number of rotatable bonds is 5. The second kappa shape index (κ2) is 6.25. The van der Waals surface area contributed by atoms with Gasteiger partial charge in [0.15, 0.2) is 0 Å². The Morgan fingerprint density at radius 1 is 1.17 bits per heavy atom. The van der Waals surface area contributed by atoms with Crippen LogP contribution >= 0.6 is 0 Å². The largest absolute Gasteiger partial charge is 0.494 e. The van der Waals surface area contributed by atoms with E-state index in [9.17, 15) is 18.5 Å². The molecule has 0 aliphatic heterocycles. The molecule has 0 saturated carbocycles. The quantitative estimate of drug-likeness (QED) is 0.668. The Balaban J connectivity index is 2.47. The van der Waals surface area contributed by atoms with E-state index in [-0.39, 0.29) is 16.3 Å². The van der Waals surface area contributed by atoms with E-state index in [1.807, 2.05) is 13.0 Å². The average molecular weight is 336 g/mol. The second-order valence-corrected chi connectivity index (χ2v) is 6.70. The van der Waals surface area contributed by atoms with Gasteiger partial charge in [-0.25, -0.2) is 8.42 Å². The van der Waals surface area contributed by atoms with Gasteiger partial charge in [0.2, 0.25) is 0 Å². The molecule has 0 unspecified atom stereocenters. The van der Waals surface area contributed by atoms with Crippen molar-refractivity contribution in [3.8, 4) is 5.75 Å². The lowest BCUT2D eigenvalue weighted by atomic mass is 10.1. The average Bonchev–Trinajstić information content (AvgIpc) is 2.46. The number of nitrogens with zero attached hydrogens (tertiary/aromatic N) is 1. The minimum Gasteiger partial charge on any atom is -0.494 e. The van der Waals surface area contributed by atoms with Gasteiger partial charge < -0.3 is 4.74 Å². The molecule has 0 atom stereocenters. The third-order valence-electron chi connectivity index (χ3n) is 3.21. The Kier molecular flexibility index (Phi) is 4.55. The van der Waals surface area contributed by atoms with E-state index >= 15 is 0 Å². The first-order valence-electron chi connectivity index (χ1n) is 6.67. The van der Waals surface area contributed by atoms with Gasteiger partial charge in [-0.1, -0.05) is 12.1 Å². The molecule has 0 spiro atoms. The van der Waals surface area contributed by atoms with Crippen molar-refractivity contribution < 1.29 is 18.1 Å². The fourth-order valence-electron chi connectivity index (χ4n) is 2.27. The summed E-state index contributed by atoms with van der Waals surface area (Å²) in [6.45, 7) is 3.63. The van der Waals surface area contributed by atoms with Crippen molar-refractivity contribution in [2.45, 2.75) is 18.7 Å². The maximum absolute atomic E-state index is 12.5. The van der Waals surface area contributed by atoms with Gasteiger partial charge in [-0.15, -0.1) is 0 Å². The molecule has 7 nitrogen and oxygen atoms in total. The van der Waals surface area contributed by atoms with Crippen molar-refractivity contribution in [3.05, 3.63) is 57.6 Å². The van der Waals surface area contributed by atoms with E-state index in [0.717, 1.165) is 17.2 Å². The van der Waals surface area contributed by atoms with Gasteiger partial charge >= 0.3 is 0 Å². The highest BCUT2D eigenvalue weighted by Gasteiger charge is 2.20. The molecule has 2 rings (SSSR count). The number of hydrogen-bond acceptors (Lipinski definition) is 5. The molecule has 0 aliphatic carbocycles. The lowest BCUT2D eigenvalue weighted by Crippen LogP contribution is -2.14. The van der Waals surface area contributed by atoms with E-state index < -0.39 is 14.9 Å². The first kappa shape index (κ1) is 16.8. The lowest BCUT2D eigenvalue weighted by molar-refractivity contribution is -0.385. The molecular formula is C15H16N2O5S. The highest BCUT2D eigenvalue weighted by molar-refractivity contribution is 7.92. The predicted molar refractivity (Wildman–Crippen MR) is 86.4 cm³/mol. The van der Waals surface area contributed by atoms with Gasteiger partial charge in [0.25, 0.3) is 15.7 Å². The van der Waals surface area contributed by atoms with Crippen LogP contribution in [0.5, 0.6) is 5.75 Å². The van der Waals surface area contributed by atoms with Gasteiger partial charge in [-0.05, 0) is 37.1 Å². The summed E-state index contributed by atoms with van der Waals surface area (Å²) in [6, 6.07) is 8.37. The smallest absolute Gasteiger partial charge is 0.270 e. The van der Waals surface area contributed by atoms with Crippen LogP contribution in [0.1, 0.15) is 11.1 Å². The molecule has 1 N–H and O–H groups in total. The van der Waals surface area contributed by atoms with Gasteiger partial charge in [0.1, 0.15) is 5.75 Å². The minimum atomic E-state index is -3.97. The summed E-state index contributed by atoms with van der Waals surface area (Å²) < 4.78 is 32.6. The van der Waals surface area contributed by atoms with Crippen LogP contribution in [0.3, 0.4) is 0 Å². The van der Waals surface area contributed by atoms with Crippen molar-refractivity contribution in [2.75, 3.05) is 11.8 Å². The van der Waals surface area contributed by atoms with Crippen LogP contribution in [-0.2, 0) is 10.0 Å². The molecule has 2 aromatic rings. The lowest BCUT2D eigenvalue weighted by Gasteiger charge is -2.15. The third kappa shape index (κ3) is 3.59. The molecule has 0 aromatic heterocycles. The van der Waals surface area contributed by atoms with Gasteiger partial charge in [-0.3, -0.25) is 14.8 Å². The van der Waals surface area contributed by atoms with Crippen LogP contribution in [-0.4, -0.2) is 20.5 Å². The molecule has 122 valence electrons. The number of nitro groups is 1. The summed E-state index contributed by atoms with van der Waals surface area (Å²) in [6.07, 6.45) is 0. The number of sulfonamides is 1. The summed E-state index contributed by atoms with van der Waals surface area (Å²) in [7, 11) is -2.52. The van der Waals surface area contributed by atoms with Crippen LogP contribution in [0.2, 0.25) is 0 Å². The topological polar surface area (TPSA) is 98.5 Å². The minimum absolute atomic E-state index is 0.187. The standard InChI is InChI=1S/C15H16N2O5S/c1-10-7-11(2)15(22-3)14(8-10)16-23(20,21)13-6-4-5-12(9-13)17(18)19/h4-9,16H,1-3H3. The zero-order chi connectivity index (χ0) is 17.2. The maximum Gasteiger partial charge on any atom is 0.270 e. The number of anilines is 1. The molecule has 0 fully saturated rings. The molecule has 0 bridgehead atoms. The number of aryl methyl sites for hydroxylation is 2. The zero-order valence-electron chi connectivity index (χ0n) is 12.9. The predicted octanol–water partition coefficient (Wildman–Crippen LogP) is 3.02. The summed E-state index contributed by atoms with van der Waals surface area (Å²) in [4.78, 5) is 9.97. The first-order valence-corrected chi connectivity index (χ1v) is 8.15. The Hall–Kier alpha value is -2.61. The Morgan fingerprint density at radius 3 is 2.48 bits per heavy atom.